The SMILES string of the molecule is C=C(C)CNCc1cccc(F)c1O. The number of para-hydroxylation sites is 1. The van der Waals surface area contributed by atoms with Crippen LogP contribution >= 0.6 is 0 Å². The molecular formula is C11H14FNO. The first-order valence-electron chi connectivity index (χ1n) is 4.42. The second kappa shape index (κ2) is 4.77. The first kappa shape index (κ1) is 10.7. The fraction of sp³-hybridized carbons (Fsp3) is 0.273. The predicted molar refractivity (Wildman–Crippen MR) is 54.6 cm³/mol. The van der Waals surface area contributed by atoms with Crippen LogP contribution in [-0.2, 0) is 6.54 Å². The Morgan fingerprint density at radius 2 is 2.29 bits per heavy atom. The third kappa shape index (κ3) is 2.85. The molecule has 1 rings (SSSR count). The fourth-order valence-electron chi connectivity index (χ4n) is 1.11. The Morgan fingerprint density at radius 3 is 2.93 bits per heavy atom. The third-order valence-electron chi connectivity index (χ3n) is 1.81. The summed E-state index contributed by atoms with van der Waals surface area (Å²) in [6, 6.07) is 4.49. The highest BCUT2D eigenvalue weighted by Crippen LogP contribution is 2.20. The second-order valence-corrected chi connectivity index (χ2v) is 3.31. The van der Waals surface area contributed by atoms with Gasteiger partial charge in [-0.3, -0.25) is 0 Å². The molecule has 3 heteroatoms. The summed E-state index contributed by atoms with van der Waals surface area (Å²) in [6.45, 7) is 6.73. The average Bonchev–Trinajstić information content (AvgIpc) is 2.12. The molecule has 2 N–H and O–H groups in total. The summed E-state index contributed by atoms with van der Waals surface area (Å²) in [5, 5.41) is 12.4. The minimum atomic E-state index is -0.584. The van der Waals surface area contributed by atoms with E-state index in [1.54, 1.807) is 12.1 Å². The van der Waals surface area contributed by atoms with E-state index in [-0.39, 0.29) is 5.75 Å². The predicted octanol–water partition coefficient (Wildman–Crippen LogP) is 2.20. The summed E-state index contributed by atoms with van der Waals surface area (Å²) in [5.74, 6) is -0.860. The maximum atomic E-state index is 12.9. The van der Waals surface area contributed by atoms with Crippen LogP contribution in [0.3, 0.4) is 0 Å². The van der Waals surface area contributed by atoms with Crippen LogP contribution < -0.4 is 5.32 Å². The van der Waals surface area contributed by atoms with Crippen LogP contribution in [0.25, 0.3) is 0 Å². The molecule has 0 aliphatic carbocycles. The van der Waals surface area contributed by atoms with Crippen LogP contribution in [0.4, 0.5) is 4.39 Å². The summed E-state index contributed by atoms with van der Waals surface area (Å²) in [6.07, 6.45) is 0. The average molecular weight is 195 g/mol. The van der Waals surface area contributed by atoms with Gasteiger partial charge in [-0.15, -0.1) is 0 Å². The van der Waals surface area contributed by atoms with E-state index in [0.29, 0.717) is 18.7 Å². The van der Waals surface area contributed by atoms with E-state index in [9.17, 15) is 9.50 Å². The monoisotopic (exact) mass is 195 g/mol. The number of phenols is 1. The van der Waals surface area contributed by atoms with Crippen molar-refractivity contribution in [2.24, 2.45) is 0 Å². The number of aromatic hydroxyl groups is 1. The summed E-state index contributed by atoms with van der Waals surface area (Å²) in [5.41, 5.74) is 1.56. The number of phenolic OH excluding ortho intramolecular Hbond substituents is 1. The third-order valence-corrected chi connectivity index (χ3v) is 1.81. The van der Waals surface area contributed by atoms with Crippen molar-refractivity contribution in [2.75, 3.05) is 6.54 Å². The molecule has 0 radical (unpaired) electrons. The summed E-state index contributed by atoms with van der Waals surface area (Å²) in [7, 11) is 0. The molecule has 76 valence electrons. The van der Waals surface area contributed by atoms with E-state index in [1.165, 1.54) is 6.07 Å². The lowest BCUT2D eigenvalue weighted by molar-refractivity contribution is 0.424. The first-order chi connectivity index (χ1) is 6.61. The molecule has 0 atom stereocenters. The van der Waals surface area contributed by atoms with Gasteiger partial charge in [0.05, 0.1) is 0 Å². The van der Waals surface area contributed by atoms with Crippen LogP contribution in [0.2, 0.25) is 0 Å². The lowest BCUT2D eigenvalue weighted by Gasteiger charge is -2.06. The Bertz CT molecular complexity index is 336. The maximum Gasteiger partial charge on any atom is 0.165 e. The highest BCUT2D eigenvalue weighted by molar-refractivity contribution is 5.33. The van der Waals surface area contributed by atoms with Crippen LogP contribution in [0.15, 0.2) is 30.4 Å². The van der Waals surface area contributed by atoms with Gasteiger partial charge in [-0.1, -0.05) is 24.3 Å². The Kier molecular flexibility index (Phi) is 3.65. The van der Waals surface area contributed by atoms with Gasteiger partial charge in [0.15, 0.2) is 11.6 Å². The summed E-state index contributed by atoms with van der Waals surface area (Å²) in [4.78, 5) is 0. The van der Waals surface area contributed by atoms with E-state index in [4.69, 9.17) is 0 Å². The number of rotatable bonds is 4. The number of hydrogen-bond donors (Lipinski definition) is 2. The lowest BCUT2D eigenvalue weighted by Crippen LogP contribution is -2.15. The van der Waals surface area contributed by atoms with Crippen LogP contribution in [0.1, 0.15) is 12.5 Å². The van der Waals surface area contributed by atoms with Gasteiger partial charge in [0, 0.05) is 18.7 Å². The van der Waals surface area contributed by atoms with Gasteiger partial charge >= 0.3 is 0 Å². The van der Waals surface area contributed by atoms with Crippen LogP contribution in [0.5, 0.6) is 5.75 Å². The zero-order valence-corrected chi connectivity index (χ0v) is 8.18. The topological polar surface area (TPSA) is 32.3 Å². The molecule has 0 saturated carbocycles. The van der Waals surface area contributed by atoms with Crippen molar-refractivity contribution in [1.29, 1.82) is 0 Å². The number of nitrogens with one attached hydrogen (secondary N) is 1. The van der Waals surface area contributed by atoms with E-state index < -0.39 is 5.82 Å². The minimum Gasteiger partial charge on any atom is -0.505 e. The van der Waals surface area contributed by atoms with E-state index in [0.717, 1.165) is 5.57 Å². The molecule has 0 unspecified atom stereocenters. The standard InChI is InChI=1S/C11H14FNO/c1-8(2)6-13-7-9-4-3-5-10(12)11(9)14/h3-5,13-14H,1,6-7H2,2H3. The normalized spacial score (nSPS) is 10.1. The Balaban J connectivity index is 2.59. The molecule has 14 heavy (non-hydrogen) atoms. The Labute approximate surface area is 83.1 Å². The van der Waals surface area contributed by atoms with Crippen molar-refractivity contribution >= 4 is 0 Å². The van der Waals surface area contributed by atoms with Crippen molar-refractivity contribution in [3.05, 3.63) is 41.7 Å². The fourth-order valence-corrected chi connectivity index (χ4v) is 1.11. The highest BCUT2D eigenvalue weighted by atomic mass is 19.1. The Morgan fingerprint density at radius 1 is 1.57 bits per heavy atom. The smallest absolute Gasteiger partial charge is 0.165 e. The van der Waals surface area contributed by atoms with E-state index in [2.05, 4.69) is 11.9 Å². The molecule has 0 amide bonds. The summed E-state index contributed by atoms with van der Waals surface area (Å²) >= 11 is 0. The van der Waals surface area contributed by atoms with Gasteiger partial charge < -0.3 is 10.4 Å². The minimum absolute atomic E-state index is 0.276. The molecule has 0 saturated heterocycles. The van der Waals surface area contributed by atoms with Gasteiger partial charge in [-0.05, 0) is 13.0 Å². The van der Waals surface area contributed by atoms with E-state index >= 15 is 0 Å². The highest BCUT2D eigenvalue weighted by Gasteiger charge is 2.04. The molecule has 2 nitrogen and oxygen atoms in total. The van der Waals surface area contributed by atoms with Crippen molar-refractivity contribution in [1.82, 2.24) is 5.32 Å². The maximum absolute atomic E-state index is 12.9. The van der Waals surface area contributed by atoms with Crippen molar-refractivity contribution < 1.29 is 9.50 Å². The summed E-state index contributed by atoms with van der Waals surface area (Å²) < 4.78 is 12.9. The van der Waals surface area contributed by atoms with Gasteiger partial charge in [0.1, 0.15) is 0 Å². The molecule has 0 bridgehead atoms. The molecule has 1 aromatic carbocycles. The lowest BCUT2D eigenvalue weighted by atomic mass is 10.2. The van der Waals surface area contributed by atoms with Gasteiger partial charge in [-0.2, -0.15) is 0 Å². The zero-order chi connectivity index (χ0) is 10.6. The van der Waals surface area contributed by atoms with Gasteiger partial charge in [-0.25, -0.2) is 4.39 Å². The molecule has 0 aliphatic heterocycles. The molecule has 0 spiro atoms. The molecule has 0 heterocycles. The number of benzene rings is 1. The van der Waals surface area contributed by atoms with Crippen molar-refractivity contribution in [2.45, 2.75) is 13.5 Å². The van der Waals surface area contributed by atoms with Crippen LogP contribution in [0, 0.1) is 5.82 Å². The molecule has 0 fully saturated rings. The molecular weight excluding hydrogens is 181 g/mol. The van der Waals surface area contributed by atoms with Crippen LogP contribution in [-0.4, -0.2) is 11.7 Å². The molecule has 1 aromatic rings. The quantitative estimate of drug-likeness (QED) is 0.722. The van der Waals surface area contributed by atoms with Gasteiger partial charge in [0.2, 0.25) is 0 Å². The largest absolute Gasteiger partial charge is 0.505 e. The number of halogens is 1. The molecule has 0 aliphatic rings. The Hall–Kier alpha value is -1.35. The number of hydrogen-bond acceptors (Lipinski definition) is 2. The second-order valence-electron chi connectivity index (χ2n) is 3.31. The van der Waals surface area contributed by atoms with E-state index in [1.807, 2.05) is 6.92 Å². The zero-order valence-electron chi connectivity index (χ0n) is 8.18. The van der Waals surface area contributed by atoms with Crippen molar-refractivity contribution in [3.8, 4) is 5.75 Å². The van der Waals surface area contributed by atoms with Crippen molar-refractivity contribution in [3.63, 3.8) is 0 Å². The first-order valence-corrected chi connectivity index (χ1v) is 4.42. The molecule has 0 aromatic heterocycles. The van der Waals surface area contributed by atoms with Gasteiger partial charge in [0.25, 0.3) is 0 Å².